The van der Waals surface area contributed by atoms with E-state index in [1.807, 2.05) is 0 Å². The van der Waals surface area contributed by atoms with Crippen molar-refractivity contribution in [3.63, 3.8) is 0 Å². The molecule has 64 heavy (non-hydrogen) atoms. The molecule has 2 heterocycles. The number of rotatable bonds is 4. The predicted molar refractivity (Wildman–Crippen MR) is 265 cm³/mol. The monoisotopic (exact) mass is 827 g/mol. The maximum atomic E-state index is 7.36. The second-order valence-electron chi connectivity index (χ2n) is 18.8. The number of anilines is 1. The molecule has 2 aliphatic heterocycles. The second-order valence-corrected chi connectivity index (χ2v) is 18.8. The Labute approximate surface area is 375 Å². The molecule has 310 valence electrons. The average molecular weight is 828 g/mol. The number of ether oxygens (including phenoxy) is 2. The highest BCUT2D eigenvalue weighted by Gasteiger charge is 2.47. The summed E-state index contributed by atoms with van der Waals surface area (Å²) in [4.78, 5) is 2.55. The summed E-state index contributed by atoms with van der Waals surface area (Å²) in [6.45, 7) is 4.86. The lowest BCUT2D eigenvalue weighted by molar-refractivity contribution is 0.264. The van der Waals surface area contributed by atoms with E-state index in [4.69, 9.17) is 9.47 Å². The van der Waals surface area contributed by atoms with Crippen LogP contribution in [0, 0.1) is 0 Å². The number of fused-ring (bicyclic) bond motifs is 15. The Kier molecular flexibility index (Phi) is 8.47. The molecule has 0 radical (unpaired) electrons. The van der Waals surface area contributed by atoms with Crippen molar-refractivity contribution in [3.8, 4) is 22.6 Å². The molecule has 4 unspecified atom stereocenters. The zero-order valence-corrected chi connectivity index (χ0v) is 36.3. The molecular formula is C61H49NO2. The van der Waals surface area contributed by atoms with Crippen molar-refractivity contribution in [2.75, 3.05) is 4.90 Å². The van der Waals surface area contributed by atoms with Crippen LogP contribution in [-0.4, -0.2) is 12.2 Å². The van der Waals surface area contributed by atoms with E-state index in [-0.39, 0.29) is 29.5 Å². The smallest absolute Gasteiger partial charge is 0.132 e. The molecule has 0 saturated carbocycles. The summed E-state index contributed by atoms with van der Waals surface area (Å²) in [5.74, 6) is 2.29. The van der Waals surface area contributed by atoms with Crippen LogP contribution < -0.4 is 14.4 Å². The molecule has 3 nitrogen and oxygen atoms in total. The molecule has 7 aromatic carbocycles. The minimum absolute atomic E-state index is 0.0275. The van der Waals surface area contributed by atoms with Gasteiger partial charge < -0.3 is 14.4 Å². The molecule has 0 fully saturated rings. The first-order valence-electron chi connectivity index (χ1n) is 23.2. The van der Waals surface area contributed by atoms with Crippen molar-refractivity contribution in [2.24, 2.45) is 0 Å². The van der Waals surface area contributed by atoms with Gasteiger partial charge in [0.25, 0.3) is 0 Å². The van der Waals surface area contributed by atoms with Gasteiger partial charge in [-0.05, 0) is 134 Å². The van der Waals surface area contributed by atoms with E-state index >= 15 is 0 Å². The third-order valence-electron chi connectivity index (χ3n) is 15.1. The Morgan fingerprint density at radius 1 is 0.594 bits per heavy atom. The summed E-state index contributed by atoms with van der Waals surface area (Å²) in [6, 6.07) is 47.5. The zero-order chi connectivity index (χ0) is 42.5. The van der Waals surface area contributed by atoms with Crippen LogP contribution in [0.4, 0.5) is 5.69 Å². The molecule has 4 atom stereocenters. The lowest BCUT2D eigenvalue weighted by atomic mass is 9.78. The lowest BCUT2D eigenvalue weighted by Crippen LogP contribution is -2.32. The summed E-state index contributed by atoms with van der Waals surface area (Å²) in [6.07, 6.45) is 26.4. The van der Waals surface area contributed by atoms with Crippen LogP contribution in [0.3, 0.4) is 0 Å². The van der Waals surface area contributed by atoms with Crippen LogP contribution in [0.25, 0.3) is 49.0 Å². The fourth-order valence-corrected chi connectivity index (χ4v) is 12.0. The highest BCUT2D eigenvalue weighted by atomic mass is 16.5. The quantitative estimate of drug-likeness (QED) is 0.165. The van der Waals surface area contributed by atoms with Crippen molar-refractivity contribution in [3.05, 3.63) is 227 Å². The molecule has 7 aromatic rings. The van der Waals surface area contributed by atoms with Gasteiger partial charge in [-0.1, -0.05) is 153 Å². The van der Waals surface area contributed by atoms with E-state index in [2.05, 4.69) is 207 Å². The molecule has 6 aliphatic rings. The van der Waals surface area contributed by atoms with Gasteiger partial charge in [0, 0.05) is 45.1 Å². The Balaban J connectivity index is 0.905. The third kappa shape index (κ3) is 5.66. The average Bonchev–Trinajstić information content (AvgIpc) is 3.97. The minimum Gasteiger partial charge on any atom is -0.485 e. The molecule has 13 rings (SSSR count). The van der Waals surface area contributed by atoms with Gasteiger partial charge in [-0.2, -0.15) is 0 Å². The van der Waals surface area contributed by atoms with Crippen LogP contribution in [0.2, 0.25) is 0 Å². The van der Waals surface area contributed by atoms with Crippen LogP contribution in [-0.2, 0) is 5.41 Å². The standard InChI is InChI=1S/C61H49NO2/c1-61(2)52-25-9-4-3-8-23-48-47-33-30-39(38-29-32-46-44-21-11-10-19-42(44)43-20-12-13-22-45(43)51(46)35-38)36-57(47)64-60(48)58(52)49-34-31-41(37-53(49)61)62(40-17-6-5-7-18-40)54-26-16-28-56-59(54)50-24-14-15-27-55(50)63-56/h3-6,8-17,19-22,24,26-37,48,56,59-60H,7,18,23,25H2,1-2H3/b8-3-,9-4-. The van der Waals surface area contributed by atoms with E-state index < -0.39 is 0 Å². The summed E-state index contributed by atoms with van der Waals surface area (Å²) < 4.78 is 13.9. The van der Waals surface area contributed by atoms with E-state index in [0.717, 1.165) is 37.2 Å². The fourth-order valence-electron chi connectivity index (χ4n) is 12.0. The van der Waals surface area contributed by atoms with Gasteiger partial charge in [0.05, 0.1) is 5.92 Å². The maximum Gasteiger partial charge on any atom is 0.132 e. The predicted octanol–water partition coefficient (Wildman–Crippen LogP) is 15.3. The Hall–Kier alpha value is -7.10. The largest absolute Gasteiger partial charge is 0.485 e. The van der Waals surface area contributed by atoms with E-state index in [1.54, 1.807) is 0 Å². The topological polar surface area (TPSA) is 21.7 Å². The summed E-state index contributed by atoms with van der Waals surface area (Å²) in [5, 5.41) is 7.75. The first-order valence-corrected chi connectivity index (χ1v) is 23.2. The summed E-state index contributed by atoms with van der Waals surface area (Å²) >= 11 is 0. The highest BCUT2D eigenvalue weighted by Crippen LogP contribution is 2.57. The number of nitrogens with zero attached hydrogens (tertiary/aromatic N) is 1. The first kappa shape index (κ1) is 37.5. The second kappa shape index (κ2) is 14.5. The molecule has 4 aliphatic carbocycles. The van der Waals surface area contributed by atoms with Crippen molar-refractivity contribution in [1.29, 1.82) is 0 Å². The van der Waals surface area contributed by atoms with Crippen molar-refractivity contribution < 1.29 is 9.47 Å². The van der Waals surface area contributed by atoms with Crippen LogP contribution in [0.1, 0.15) is 73.6 Å². The first-order chi connectivity index (χ1) is 31.5. The number of hydrogen-bond donors (Lipinski definition) is 0. The van der Waals surface area contributed by atoms with Gasteiger partial charge in [-0.3, -0.25) is 0 Å². The number of benzene rings is 7. The molecule has 0 saturated heterocycles. The Morgan fingerprint density at radius 2 is 1.33 bits per heavy atom. The Bertz CT molecular complexity index is 3310. The fraction of sp³-hybridized carbons (Fsp3) is 0.180. The van der Waals surface area contributed by atoms with E-state index in [0.29, 0.717) is 0 Å². The third-order valence-corrected chi connectivity index (χ3v) is 15.1. The minimum atomic E-state index is -0.210. The van der Waals surface area contributed by atoms with Crippen molar-refractivity contribution >= 4 is 43.6 Å². The van der Waals surface area contributed by atoms with Gasteiger partial charge in [0.2, 0.25) is 0 Å². The number of allylic oxidation sites excluding steroid dienone is 11. The van der Waals surface area contributed by atoms with E-state index in [9.17, 15) is 0 Å². The zero-order valence-electron chi connectivity index (χ0n) is 36.3. The molecule has 0 aromatic heterocycles. The van der Waals surface area contributed by atoms with Gasteiger partial charge >= 0.3 is 0 Å². The van der Waals surface area contributed by atoms with Crippen LogP contribution >= 0.6 is 0 Å². The molecule has 0 spiro atoms. The number of para-hydroxylation sites is 1. The summed E-state index contributed by atoms with van der Waals surface area (Å²) in [5.41, 5.74) is 14.0. The van der Waals surface area contributed by atoms with Gasteiger partial charge in [0.15, 0.2) is 0 Å². The molecule has 3 heteroatoms. The molecule has 0 amide bonds. The molecule has 0 N–H and O–H groups in total. The van der Waals surface area contributed by atoms with Gasteiger partial charge in [-0.25, -0.2) is 0 Å². The van der Waals surface area contributed by atoms with Crippen LogP contribution in [0.15, 0.2) is 205 Å². The van der Waals surface area contributed by atoms with Gasteiger partial charge in [0.1, 0.15) is 23.7 Å². The highest BCUT2D eigenvalue weighted by molar-refractivity contribution is 6.25. The summed E-state index contributed by atoms with van der Waals surface area (Å²) in [7, 11) is 0. The van der Waals surface area contributed by atoms with Crippen LogP contribution in [0.5, 0.6) is 11.5 Å². The van der Waals surface area contributed by atoms with Crippen molar-refractivity contribution in [1.82, 2.24) is 0 Å². The maximum absolute atomic E-state index is 7.36. The molecular weight excluding hydrogens is 779 g/mol. The van der Waals surface area contributed by atoms with E-state index in [1.165, 1.54) is 93.9 Å². The number of hydrogen-bond acceptors (Lipinski definition) is 3. The normalized spacial score (nSPS) is 23.2. The van der Waals surface area contributed by atoms with Gasteiger partial charge in [-0.15, -0.1) is 0 Å². The Morgan fingerprint density at radius 3 is 2.14 bits per heavy atom. The van der Waals surface area contributed by atoms with Crippen molar-refractivity contribution in [2.45, 2.75) is 69.0 Å². The SMILES string of the molecule is CC1(C)C2=C(c3ccc(N(C4=CC=CCC4)C4=CC=CC5Oc6ccccc6C45)cc31)C1Oc3cc(-c4ccc5c6ccccc6c6ccccc6c5c4)ccc3C1C/C=C\C=C/C2. The molecule has 0 bridgehead atoms. The lowest BCUT2D eigenvalue weighted by Gasteiger charge is -2.37.